The van der Waals surface area contributed by atoms with Gasteiger partial charge in [-0.15, -0.1) is 0 Å². The Labute approximate surface area is 115 Å². The van der Waals surface area contributed by atoms with Crippen molar-refractivity contribution in [1.82, 2.24) is 14.8 Å². The molecule has 2 aromatic heterocycles. The van der Waals surface area contributed by atoms with E-state index in [1.807, 2.05) is 0 Å². The second kappa shape index (κ2) is 4.71. The Morgan fingerprint density at radius 3 is 2.58 bits per heavy atom. The molecule has 0 aromatic carbocycles. The molecule has 0 saturated carbocycles. The van der Waals surface area contributed by atoms with Gasteiger partial charge >= 0.3 is 0 Å². The van der Waals surface area contributed by atoms with Crippen LogP contribution in [0.3, 0.4) is 0 Å². The van der Waals surface area contributed by atoms with Crippen LogP contribution < -0.4 is 10.5 Å². The molecule has 0 bridgehead atoms. The first-order chi connectivity index (χ1) is 8.81. The molecule has 0 aliphatic heterocycles. The van der Waals surface area contributed by atoms with Crippen molar-refractivity contribution >= 4 is 33.1 Å². The maximum absolute atomic E-state index is 12.2. The lowest BCUT2D eigenvalue weighted by atomic mass is 10.4. The molecule has 2 rings (SSSR count). The zero-order valence-corrected chi connectivity index (χ0v) is 11.8. The third-order valence-electron chi connectivity index (χ3n) is 2.55. The quantitative estimate of drug-likeness (QED) is 0.828. The van der Waals surface area contributed by atoms with Gasteiger partial charge in [0.15, 0.2) is 10.7 Å². The van der Waals surface area contributed by atoms with Crippen LogP contribution >= 0.6 is 11.6 Å². The van der Waals surface area contributed by atoms with Crippen LogP contribution in [0.5, 0.6) is 0 Å². The Hall–Kier alpha value is -1.80. The van der Waals surface area contributed by atoms with E-state index in [0.717, 1.165) is 0 Å². The summed E-state index contributed by atoms with van der Waals surface area (Å²) in [6.07, 6.45) is 1.32. The molecule has 9 heteroatoms. The van der Waals surface area contributed by atoms with E-state index in [2.05, 4.69) is 14.8 Å². The SMILES string of the molecule is Cc1c(S(=O)(=O)Nc2ccc(Cl)nc2)c(N)nn1C. The average Bonchev–Trinajstić information content (AvgIpc) is 2.56. The number of hydrogen-bond acceptors (Lipinski definition) is 5. The van der Waals surface area contributed by atoms with Crippen LogP contribution in [0.4, 0.5) is 11.5 Å². The first-order valence-corrected chi connectivity index (χ1v) is 7.11. The van der Waals surface area contributed by atoms with Crippen LogP contribution in [0.1, 0.15) is 5.69 Å². The zero-order valence-electron chi connectivity index (χ0n) is 10.3. The van der Waals surface area contributed by atoms with Crippen LogP contribution in [0.25, 0.3) is 0 Å². The molecule has 0 fully saturated rings. The van der Waals surface area contributed by atoms with Gasteiger partial charge in [0.2, 0.25) is 0 Å². The van der Waals surface area contributed by atoms with Crippen molar-refractivity contribution in [3.63, 3.8) is 0 Å². The number of pyridine rings is 1. The summed E-state index contributed by atoms with van der Waals surface area (Å²) < 4.78 is 28.3. The lowest BCUT2D eigenvalue weighted by Crippen LogP contribution is -2.15. The molecular formula is C10H12ClN5O2S. The molecule has 0 amide bonds. The van der Waals surface area contributed by atoms with Crippen LogP contribution in [-0.4, -0.2) is 23.2 Å². The van der Waals surface area contributed by atoms with Crippen LogP contribution in [0.2, 0.25) is 5.15 Å². The summed E-state index contributed by atoms with van der Waals surface area (Å²) in [6.45, 7) is 1.62. The van der Waals surface area contributed by atoms with Crippen LogP contribution in [0.15, 0.2) is 23.2 Å². The smallest absolute Gasteiger partial charge is 0.267 e. The van der Waals surface area contributed by atoms with E-state index in [9.17, 15) is 8.42 Å². The van der Waals surface area contributed by atoms with Gasteiger partial charge in [-0.25, -0.2) is 13.4 Å². The summed E-state index contributed by atoms with van der Waals surface area (Å²) in [5, 5.41) is 4.15. The highest BCUT2D eigenvalue weighted by Gasteiger charge is 2.24. The van der Waals surface area contributed by atoms with Gasteiger partial charge in [0.1, 0.15) is 5.15 Å². The number of nitrogen functional groups attached to an aromatic ring is 1. The molecule has 2 heterocycles. The number of rotatable bonds is 3. The van der Waals surface area contributed by atoms with Gasteiger partial charge in [0.25, 0.3) is 10.0 Å². The molecule has 102 valence electrons. The highest BCUT2D eigenvalue weighted by molar-refractivity contribution is 7.93. The first kappa shape index (κ1) is 13.6. The minimum Gasteiger partial charge on any atom is -0.381 e. The number of halogens is 1. The zero-order chi connectivity index (χ0) is 14.2. The molecule has 0 saturated heterocycles. The molecule has 0 aliphatic rings. The van der Waals surface area contributed by atoms with Crippen molar-refractivity contribution in [3.05, 3.63) is 29.2 Å². The number of nitrogens with zero attached hydrogens (tertiary/aromatic N) is 3. The summed E-state index contributed by atoms with van der Waals surface area (Å²) in [5.74, 6) is -0.0468. The standard InChI is InChI=1S/C10H12ClN5O2S/c1-6-9(10(12)14-16(6)2)19(17,18)15-7-3-4-8(11)13-5-7/h3-5,15H,1-2H3,(H2,12,14). The maximum atomic E-state index is 12.2. The first-order valence-electron chi connectivity index (χ1n) is 5.24. The van der Waals surface area contributed by atoms with Crippen molar-refractivity contribution in [1.29, 1.82) is 0 Å². The molecule has 19 heavy (non-hydrogen) atoms. The summed E-state index contributed by atoms with van der Waals surface area (Å²) in [7, 11) is -2.19. The average molecular weight is 302 g/mol. The highest BCUT2D eigenvalue weighted by atomic mass is 35.5. The summed E-state index contributed by atoms with van der Waals surface area (Å²) in [5.41, 5.74) is 6.37. The minimum atomic E-state index is -3.81. The van der Waals surface area contributed by atoms with Crippen molar-refractivity contribution in [2.75, 3.05) is 10.5 Å². The Balaban J connectivity index is 2.40. The number of anilines is 2. The largest absolute Gasteiger partial charge is 0.381 e. The van der Waals surface area contributed by atoms with Gasteiger partial charge < -0.3 is 5.73 Å². The van der Waals surface area contributed by atoms with E-state index in [0.29, 0.717) is 11.4 Å². The Morgan fingerprint density at radius 1 is 1.42 bits per heavy atom. The van der Waals surface area contributed by atoms with Crippen molar-refractivity contribution < 1.29 is 8.42 Å². The maximum Gasteiger partial charge on any atom is 0.267 e. The second-order valence-electron chi connectivity index (χ2n) is 3.90. The number of aryl methyl sites for hydroxylation is 1. The van der Waals surface area contributed by atoms with E-state index >= 15 is 0 Å². The Bertz CT molecular complexity index is 708. The van der Waals surface area contributed by atoms with E-state index in [1.54, 1.807) is 14.0 Å². The predicted molar refractivity (Wildman–Crippen MR) is 72.4 cm³/mol. The fraction of sp³-hybridized carbons (Fsp3) is 0.200. The van der Waals surface area contributed by atoms with Gasteiger partial charge in [-0.3, -0.25) is 9.40 Å². The topological polar surface area (TPSA) is 103 Å². The van der Waals surface area contributed by atoms with Crippen molar-refractivity contribution in [2.45, 2.75) is 11.8 Å². The monoisotopic (exact) mass is 301 g/mol. The van der Waals surface area contributed by atoms with Crippen LogP contribution in [-0.2, 0) is 17.1 Å². The fourth-order valence-electron chi connectivity index (χ4n) is 1.59. The Kier molecular flexibility index (Phi) is 3.38. The summed E-state index contributed by atoms with van der Waals surface area (Å²) in [4.78, 5) is 3.76. The number of sulfonamides is 1. The van der Waals surface area contributed by atoms with Crippen molar-refractivity contribution in [2.24, 2.45) is 7.05 Å². The van der Waals surface area contributed by atoms with E-state index in [4.69, 9.17) is 17.3 Å². The highest BCUT2D eigenvalue weighted by Crippen LogP contribution is 2.24. The van der Waals surface area contributed by atoms with Gasteiger partial charge in [0, 0.05) is 7.05 Å². The lowest BCUT2D eigenvalue weighted by molar-refractivity contribution is 0.600. The number of hydrogen-bond donors (Lipinski definition) is 2. The molecule has 0 atom stereocenters. The Morgan fingerprint density at radius 2 is 2.11 bits per heavy atom. The van der Waals surface area contributed by atoms with Gasteiger partial charge in [-0.05, 0) is 19.1 Å². The van der Waals surface area contributed by atoms with Crippen LogP contribution in [0, 0.1) is 6.92 Å². The van der Waals surface area contributed by atoms with Gasteiger partial charge in [0.05, 0.1) is 17.6 Å². The number of nitrogens with one attached hydrogen (secondary N) is 1. The third-order valence-corrected chi connectivity index (χ3v) is 4.32. The summed E-state index contributed by atoms with van der Waals surface area (Å²) >= 11 is 5.63. The molecule has 7 nitrogen and oxygen atoms in total. The lowest BCUT2D eigenvalue weighted by Gasteiger charge is -2.07. The van der Waals surface area contributed by atoms with E-state index in [-0.39, 0.29) is 15.9 Å². The number of nitrogens with two attached hydrogens (primary N) is 1. The molecule has 3 N–H and O–H groups in total. The third kappa shape index (κ3) is 2.64. The second-order valence-corrected chi connectivity index (χ2v) is 5.90. The molecule has 0 radical (unpaired) electrons. The predicted octanol–water partition coefficient (Wildman–Crippen LogP) is 1.16. The van der Waals surface area contributed by atoms with E-state index < -0.39 is 10.0 Å². The summed E-state index contributed by atoms with van der Waals surface area (Å²) in [6, 6.07) is 2.99. The van der Waals surface area contributed by atoms with Gasteiger partial charge in [-0.1, -0.05) is 11.6 Å². The minimum absolute atomic E-state index is 0.0371. The molecule has 0 unspecified atom stereocenters. The molecule has 0 spiro atoms. The normalized spacial score (nSPS) is 11.5. The van der Waals surface area contributed by atoms with E-state index in [1.165, 1.54) is 23.0 Å². The van der Waals surface area contributed by atoms with Crippen molar-refractivity contribution in [3.8, 4) is 0 Å². The number of aromatic nitrogens is 3. The molecule has 0 aliphatic carbocycles. The fourth-order valence-corrected chi connectivity index (χ4v) is 3.07. The molecule has 2 aromatic rings. The molecular weight excluding hydrogens is 290 g/mol. The van der Waals surface area contributed by atoms with Gasteiger partial charge in [-0.2, -0.15) is 5.10 Å².